The van der Waals surface area contributed by atoms with Crippen molar-refractivity contribution in [2.75, 3.05) is 5.32 Å². The van der Waals surface area contributed by atoms with Gasteiger partial charge in [0.05, 0.1) is 0 Å². The Morgan fingerprint density at radius 3 is 2.00 bits per heavy atom. The van der Waals surface area contributed by atoms with Gasteiger partial charge in [0.2, 0.25) is 5.95 Å². The van der Waals surface area contributed by atoms with Crippen LogP contribution in [0.25, 0.3) is 0 Å². The lowest BCUT2D eigenvalue weighted by molar-refractivity contribution is 0.573. The van der Waals surface area contributed by atoms with Crippen molar-refractivity contribution in [2.24, 2.45) is 10.8 Å². The second-order valence-corrected chi connectivity index (χ2v) is 6.79. The maximum absolute atomic E-state index is 4.34. The molecule has 1 aromatic heterocycles. The third-order valence-electron chi connectivity index (χ3n) is 3.28. The van der Waals surface area contributed by atoms with Gasteiger partial charge in [-0.2, -0.15) is 9.97 Å². The van der Waals surface area contributed by atoms with E-state index in [-0.39, 0.29) is 10.8 Å². The summed E-state index contributed by atoms with van der Waals surface area (Å²) in [6.45, 7) is 12.5. The summed E-state index contributed by atoms with van der Waals surface area (Å²) in [6.07, 6.45) is 10.9. The Hall–Kier alpha value is -1.97. The van der Waals surface area contributed by atoms with E-state index < -0.39 is 0 Å². The molecule has 0 aromatic carbocycles. The Labute approximate surface area is 127 Å². The number of hydrogen-bond donors (Lipinski definition) is 1. The van der Waals surface area contributed by atoms with Gasteiger partial charge in [-0.25, -0.2) is 4.98 Å². The zero-order valence-corrected chi connectivity index (χ0v) is 13.7. The van der Waals surface area contributed by atoms with Crippen molar-refractivity contribution >= 4 is 5.95 Å². The van der Waals surface area contributed by atoms with Crippen molar-refractivity contribution in [3.63, 3.8) is 0 Å². The van der Waals surface area contributed by atoms with Gasteiger partial charge in [-0.05, 0) is 19.9 Å². The van der Waals surface area contributed by atoms with Crippen LogP contribution in [0.3, 0.4) is 0 Å². The van der Waals surface area contributed by atoms with Gasteiger partial charge in [-0.15, -0.1) is 0 Å². The topological polar surface area (TPSA) is 50.7 Å². The van der Waals surface area contributed by atoms with E-state index in [9.17, 15) is 0 Å². The summed E-state index contributed by atoms with van der Waals surface area (Å²) >= 11 is 0. The molecule has 0 atom stereocenters. The van der Waals surface area contributed by atoms with Crippen LogP contribution in [0.15, 0.2) is 36.1 Å². The van der Waals surface area contributed by atoms with E-state index in [1.165, 1.54) is 0 Å². The average molecular weight is 284 g/mol. The van der Waals surface area contributed by atoms with Gasteiger partial charge < -0.3 is 5.32 Å². The van der Waals surface area contributed by atoms with Gasteiger partial charge >= 0.3 is 0 Å². The van der Waals surface area contributed by atoms with Gasteiger partial charge in [0.1, 0.15) is 11.6 Å². The number of anilines is 1. The number of hydrogen-bond acceptors (Lipinski definition) is 4. The Kier molecular flexibility index (Phi) is 3.99. The molecule has 0 saturated heterocycles. The Bertz CT molecular complexity index is 601. The third-order valence-corrected chi connectivity index (χ3v) is 3.28. The number of aromatic nitrogens is 3. The molecule has 112 valence electrons. The molecule has 1 aliphatic carbocycles. The van der Waals surface area contributed by atoms with E-state index in [1.54, 1.807) is 0 Å². The maximum atomic E-state index is 4.34. The molecule has 0 unspecified atom stereocenters. The molecule has 1 aliphatic rings. The lowest BCUT2D eigenvalue weighted by Gasteiger charge is -2.24. The molecule has 1 heterocycles. The average Bonchev–Trinajstić information content (AvgIpc) is 2.32. The summed E-state index contributed by atoms with van der Waals surface area (Å²) in [5, 5.41) is 3.30. The van der Waals surface area contributed by atoms with Crippen LogP contribution in [0.5, 0.6) is 0 Å². The minimum absolute atomic E-state index is 0.0263. The molecule has 4 heteroatoms. The molecule has 0 radical (unpaired) electrons. The second-order valence-electron chi connectivity index (χ2n) is 6.79. The van der Waals surface area contributed by atoms with Crippen molar-refractivity contribution in [2.45, 2.75) is 41.5 Å². The van der Waals surface area contributed by atoms with E-state index >= 15 is 0 Å². The molecule has 1 aromatic rings. The zero-order valence-electron chi connectivity index (χ0n) is 13.7. The lowest BCUT2D eigenvalue weighted by Crippen LogP contribution is -2.14. The highest BCUT2D eigenvalue weighted by Gasteiger charge is 2.18. The first-order valence-electron chi connectivity index (χ1n) is 7.24. The monoisotopic (exact) mass is 284 g/mol. The fourth-order valence-electron chi connectivity index (χ4n) is 2.17. The van der Waals surface area contributed by atoms with E-state index in [4.69, 9.17) is 0 Å². The van der Waals surface area contributed by atoms with Crippen molar-refractivity contribution in [1.82, 2.24) is 15.0 Å². The van der Waals surface area contributed by atoms with Gasteiger partial charge in [0.25, 0.3) is 0 Å². The fraction of sp³-hybridized carbons (Fsp3) is 0.471. The molecule has 0 spiro atoms. The Morgan fingerprint density at radius 2 is 1.38 bits per heavy atom. The van der Waals surface area contributed by atoms with Crippen LogP contribution >= 0.6 is 0 Å². The minimum atomic E-state index is -0.0263. The van der Waals surface area contributed by atoms with Crippen LogP contribution in [0.1, 0.15) is 39.3 Å². The predicted molar refractivity (Wildman–Crippen MR) is 86.8 cm³/mol. The van der Waals surface area contributed by atoms with Crippen LogP contribution in [0, 0.1) is 24.7 Å². The molecule has 2 rings (SSSR count). The summed E-state index contributed by atoms with van der Waals surface area (Å²) < 4.78 is 0. The highest BCUT2D eigenvalue weighted by Crippen LogP contribution is 2.30. The van der Waals surface area contributed by atoms with Crippen molar-refractivity contribution in [3.05, 3.63) is 47.7 Å². The van der Waals surface area contributed by atoms with Crippen molar-refractivity contribution < 1.29 is 0 Å². The highest BCUT2D eigenvalue weighted by atomic mass is 15.2. The fourth-order valence-corrected chi connectivity index (χ4v) is 2.17. The maximum Gasteiger partial charge on any atom is 0.230 e. The number of aryl methyl sites for hydroxylation is 2. The molecule has 0 saturated carbocycles. The van der Waals surface area contributed by atoms with Crippen LogP contribution in [-0.4, -0.2) is 15.0 Å². The van der Waals surface area contributed by atoms with Crippen LogP contribution in [0.2, 0.25) is 0 Å². The number of allylic oxidation sites excluding steroid dienone is 5. The standard InChI is InChI=1S/C17H24N4/c1-12-18-13(2)20-15(19-12)21-14-7-8-16(3,4)9-10-17(5,6)11-14/h7-11H,1-6H3,(H,18,19,20,21)/b8-7-,10-9-,14-11+. The molecule has 0 fully saturated rings. The van der Waals surface area contributed by atoms with Gasteiger partial charge in [0.15, 0.2) is 0 Å². The number of nitrogens with one attached hydrogen (secondary N) is 1. The first kappa shape index (κ1) is 15.4. The first-order valence-corrected chi connectivity index (χ1v) is 7.24. The normalized spacial score (nSPS) is 25.1. The third kappa shape index (κ3) is 4.52. The van der Waals surface area contributed by atoms with Crippen molar-refractivity contribution in [3.8, 4) is 0 Å². The molecule has 0 amide bonds. The summed E-state index contributed by atoms with van der Waals surface area (Å²) in [7, 11) is 0. The summed E-state index contributed by atoms with van der Waals surface area (Å²) in [4.78, 5) is 12.9. The summed E-state index contributed by atoms with van der Waals surface area (Å²) in [6, 6.07) is 0. The number of nitrogens with zero attached hydrogens (tertiary/aromatic N) is 3. The molecule has 21 heavy (non-hydrogen) atoms. The SMILES string of the molecule is Cc1nc(C)nc(NC2=C/C(C)(C)/C=C\C(C)(C)/C=C\2)n1. The number of rotatable bonds is 2. The van der Waals surface area contributed by atoms with E-state index in [0.717, 1.165) is 17.3 Å². The summed E-state index contributed by atoms with van der Waals surface area (Å²) in [5.74, 6) is 2.04. The Balaban J connectivity index is 2.35. The van der Waals surface area contributed by atoms with Crippen LogP contribution < -0.4 is 5.32 Å². The molecule has 1 N–H and O–H groups in total. The largest absolute Gasteiger partial charge is 0.324 e. The van der Waals surface area contributed by atoms with E-state index in [2.05, 4.69) is 78.3 Å². The first-order chi connectivity index (χ1) is 9.65. The molecule has 4 nitrogen and oxygen atoms in total. The van der Waals surface area contributed by atoms with Crippen LogP contribution in [-0.2, 0) is 0 Å². The van der Waals surface area contributed by atoms with Crippen LogP contribution in [0.4, 0.5) is 5.95 Å². The minimum Gasteiger partial charge on any atom is -0.324 e. The van der Waals surface area contributed by atoms with Crippen molar-refractivity contribution in [1.29, 1.82) is 0 Å². The lowest BCUT2D eigenvalue weighted by atomic mass is 9.83. The Morgan fingerprint density at radius 1 is 0.810 bits per heavy atom. The zero-order chi connectivity index (χ0) is 15.7. The molecule has 0 bridgehead atoms. The van der Waals surface area contributed by atoms with Gasteiger partial charge in [-0.1, -0.05) is 52.0 Å². The smallest absolute Gasteiger partial charge is 0.230 e. The predicted octanol–water partition coefficient (Wildman–Crippen LogP) is 3.96. The second kappa shape index (κ2) is 5.43. The van der Waals surface area contributed by atoms with E-state index in [1.807, 2.05) is 13.8 Å². The van der Waals surface area contributed by atoms with Gasteiger partial charge in [0, 0.05) is 16.5 Å². The quantitative estimate of drug-likeness (QED) is 0.835. The molecular formula is C17H24N4. The summed E-state index contributed by atoms with van der Waals surface area (Å²) in [5.41, 5.74) is 1.01. The van der Waals surface area contributed by atoms with Gasteiger partial charge in [-0.3, -0.25) is 0 Å². The molecule has 0 aliphatic heterocycles. The van der Waals surface area contributed by atoms with E-state index in [0.29, 0.717) is 5.95 Å². The molecular weight excluding hydrogens is 260 g/mol. The highest BCUT2D eigenvalue weighted by molar-refractivity contribution is 5.42.